The third-order valence-electron chi connectivity index (χ3n) is 10.6. The number of allylic oxidation sites excluding steroid dienone is 1. The van der Waals surface area contributed by atoms with E-state index in [-0.39, 0.29) is 31.2 Å². The Morgan fingerprint density at radius 3 is 2.48 bits per heavy atom. The summed E-state index contributed by atoms with van der Waals surface area (Å²) in [4.78, 5) is 62.1. The van der Waals surface area contributed by atoms with Gasteiger partial charge in [-0.25, -0.2) is 18.2 Å². The van der Waals surface area contributed by atoms with E-state index in [1.807, 2.05) is 50.3 Å². The van der Waals surface area contributed by atoms with Crippen molar-refractivity contribution in [1.82, 2.24) is 25.2 Å². The van der Waals surface area contributed by atoms with Crippen LogP contribution in [0.2, 0.25) is 0 Å². The minimum absolute atomic E-state index is 0.0203. The largest absolute Gasteiger partial charge is 0.492 e. The number of sulfonamides is 1. The van der Waals surface area contributed by atoms with Gasteiger partial charge in [0.05, 0.1) is 24.6 Å². The van der Waals surface area contributed by atoms with Crippen molar-refractivity contribution in [3.05, 3.63) is 42.6 Å². The van der Waals surface area contributed by atoms with E-state index in [2.05, 4.69) is 27.3 Å². The molecular weight excluding hydrogens is 715 g/mol. The summed E-state index contributed by atoms with van der Waals surface area (Å²) in [6.45, 7) is 11.5. The highest BCUT2D eigenvalue weighted by Gasteiger charge is 2.62. The van der Waals surface area contributed by atoms with Crippen LogP contribution in [0, 0.1) is 17.8 Å². The third-order valence-corrected chi connectivity index (χ3v) is 12.4. The molecule has 1 saturated heterocycles. The molecule has 14 nitrogen and oxygen atoms in total. The summed E-state index contributed by atoms with van der Waals surface area (Å²) in [6, 6.07) is 5.32. The number of hydrogen-bond donors (Lipinski definition) is 3. The Bertz CT molecular complexity index is 1910. The maximum absolute atomic E-state index is 14.7. The molecule has 7 unspecified atom stereocenters. The van der Waals surface area contributed by atoms with Gasteiger partial charge in [-0.05, 0) is 84.1 Å². The van der Waals surface area contributed by atoms with Crippen molar-refractivity contribution in [3.63, 3.8) is 0 Å². The fourth-order valence-corrected chi connectivity index (χ4v) is 8.96. The van der Waals surface area contributed by atoms with Crippen LogP contribution in [-0.2, 0) is 29.1 Å². The van der Waals surface area contributed by atoms with Gasteiger partial charge >= 0.3 is 6.09 Å². The highest BCUT2D eigenvalue weighted by molar-refractivity contribution is 7.91. The molecule has 0 radical (unpaired) electrons. The lowest BCUT2D eigenvalue weighted by Crippen LogP contribution is -2.59. The molecule has 294 valence electrons. The molecule has 1 aromatic heterocycles. The Morgan fingerprint density at radius 2 is 1.80 bits per heavy atom. The van der Waals surface area contributed by atoms with E-state index in [4.69, 9.17) is 14.2 Å². The molecule has 3 fully saturated rings. The number of pyridine rings is 1. The first-order valence-corrected chi connectivity index (χ1v) is 20.6. The second-order valence-corrected chi connectivity index (χ2v) is 18.2. The van der Waals surface area contributed by atoms with Crippen molar-refractivity contribution in [2.24, 2.45) is 17.8 Å². The van der Waals surface area contributed by atoms with Crippen molar-refractivity contribution >= 4 is 44.6 Å². The number of rotatable bonds is 8. The number of fused-ring (bicyclic) bond motifs is 3. The van der Waals surface area contributed by atoms with Crippen LogP contribution in [0.15, 0.2) is 42.6 Å². The van der Waals surface area contributed by atoms with Crippen molar-refractivity contribution in [2.75, 3.05) is 13.2 Å². The number of benzene rings is 1. The first-order chi connectivity index (χ1) is 25.5. The second-order valence-electron chi connectivity index (χ2n) is 16.3. The Kier molecular flexibility index (Phi) is 11.2. The van der Waals surface area contributed by atoms with E-state index in [0.29, 0.717) is 49.3 Å². The van der Waals surface area contributed by atoms with E-state index < -0.39 is 74.3 Å². The summed E-state index contributed by atoms with van der Waals surface area (Å²) in [5.74, 6) is -1.64. The van der Waals surface area contributed by atoms with Crippen LogP contribution in [-0.4, -0.2) is 89.8 Å². The van der Waals surface area contributed by atoms with E-state index in [1.54, 1.807) is 27.0 Å². The quantitative estimate of drug-likeness (QED) is 0.327. The van der Waals surface area contributed by atoms with Crippen LogP contribution in [0.25, 0.3) is 10.8 Å². The van der Waals surface area contributed by atoms with Crippen LogP contribution < -0.4 is 24.8 Å². The Labute approximate surface area is 317 Å². The third kappa shape index (κ3) is 8.76. The molecule has 7 atom stereocenters. The lowest BCUT2D eigenvalue weighted by atomic mass is 9.88. The van der Waals surface area contributed by atoms with Crippen LogP contribution in [0.1, 0.15) is 86.5 Å². The van der Waals surface area contributed by atoms with Crippen molar-refractivity contribution in [3.8, 4) is 11.6 Å². The number of amides is 4. The van der Waals surface area contributed by atoms with E-state index >= 15 is 0 Å². The van der Waals surface area contributed by atoms with E-state index in [0.717, 1.165) is 11.8 Å². The molecule has 4 aliphatic rings. The zero-order valence-corrected chi connectivity index (χ0v) is 32.7. The number of carbonyl (C=O) groups excluding carboxylic acids is 4. The summed E-state index contributed by atoms with van der Waals surface area (Å²) in [5, 5.41) is 6.55. The normalized spacial score (nSPS) is 29.2. The molecule has 1 aromatic carbocycles. The summed E-state index contributed by atoms with van der Waals surface area (Å²) in [5.41, 5.74) is -2.33. The number of alkyl carbamates (subject to hydrolysis) is 1. The lowest BCUT2D eigenvalue weighted by Gasteiger charge is -2.33. The number of nitrogens with one attached hydrogen (secondary N) is 3. The summed E-state index contributed by atoms with van der Waals surface area (Å²) in [6.07, 6.45) is 7.20. The molecule has 0 spiro atoms. The lowest BCUT2D eigenvalue weighted by molar-refractivity contribution is -0.142. The fraction of sp³-hybridized carbons (Fsp3) is 0.615. The smallest absolute Gasteiger partial charge is 0.408 e. The fourth-order valence-electron chi connectivity index (χ4n) is 7.60. The number of aromatic nitrogens is 1. The van der Waals surface area contributed by atoms with Crippen LogP contribution >= 0.6 is 0 Å². The van der Waals surface area contributed by atoms with Gasteiger partial charge in [0.2, 0.25) is 27.7 Å². The number of carbonyl (C=O) groups is 4. The van der Waals surface area contributed by atoms with Gasteiger partial charge in [0, 0.05) is 23.1 Å². The second kappa shape index (κ2) is 15.4. The summed E-state index contributed by atoms with van der Waals surface area (Å²) < 4.78 is 45.8. The SMILES string of the molecule is CCOc1cnc(OC2CC3C(=O)NC4(C(=O)NS(=O)(=O)C5CC5)CC4C=CCCC(C)CC(C)C(NC(=O)OC(C)(C)C)C(=O)N3C2)c2ccccc12. The highest BCUT2D eigenvalue weighted by atomic mass is 32.2. The van der Waals surface area contributed by atoms with Gasteiger partial charge in [0.15, 0.2) is 0 Å². The molecule has 6 rings (SSSR count). The average Bonchev–Trinajstić information content (AvgIpc) is 4.02. The maximum atomic E-state index is 14.7. The average molecular weight is 768 g/mol. The van der Waals surface area contributed by atoms with Gasteiger partial charge in [-0.15, -0.1) is 0 Å². The minimum atomic E-state index is -3.90. The Hall–Kier alpha value is -4.40. The molecule has 4 amide bonds. The summed E-state index contributed by atoms with van der Waals surface area (Å²) in [7, 11) is -3.90. The van der Waals surface area contributed by atoms with Crippen molar-refractivity contribution in [1.29, 1.82) is 0 Å². The van der Waals surface area contributed by atoms with Gasteiger partial charge in [0.1, 0.15) is 35.1 Å². The van der Waals surface area contributed by atoms with E-state index in [9.17, 15) is 27.6 Å². The Morgan fingerprint density at radius 1 is 1.07 bits per heavy atom. The predicted molar refractivity (Wildman–Crippen MR) is 201 cm³/mol. The van der Waals surface area contributed by atoms with Crippen LogP contribution in [0.3, 0.4) is 0 Å². The van der Waals surface area contributed by atoms with Gasteiger partial charge in [-0.3, -0.25) is 19.1 Å². The molecular formula is C39H53N5O9S. The first kappa shape index (κ1) is 39.3. The summed E-state index contributed by atoms with van der Waals surface area (Å²) >= 11 is 0. The first-order valence-electron chi connectivity index (χ1n) is 19.0. The van der Waals surface area contributed by atoms with Gasteiger partial charge in [-0.1, -0.05) is 44.2 Å². The van der Waals surface area contributed by atoms with Crippen LogP contribution in [0.5, 0.6) is 11.6 Å². The monoisotopic (exact) mass is 767 g/mol. The number of hydrogen-bond acceptors (Lipinski definition) is 10. The zero-order chi connectivity index (χ0) is 39.0. The van der Waals surface area contributed by atoms with Gasteiger partial charge in [0.25, 0.3) is 5.91 Å². The highest BCUT2D eigenvalue weighted by Crippen LogP contribution is 2.46. The van der Waals surface area contributed by atoms with Crippen molar-refractivity contribution < 1.29 is 41.8 Å². The molecule has 3 heterocycles. The topological polar surface area (TPSA) is 182 Å². The van der Waals surface area contributed by atoms with Gasteiger partial charge in [-0.2, -0.15) is 0 Å². The standard InChI is InChI=1S/C39H53N5O9S/c1-7-51-31-21-40-34(29-15-11-10-14-28(29)31)52-26-19-30-33(45)42-39(36(47)43-54(49,50)27-16-17-27)20-25(39)13-9-8-12-23(2)18-24(3)32(35(46)44(30)22-26)41-37(48)53-38(4,5)6/h9-11,13-15,21,23-27,30,32H,7-8,12,16-20,22H2,1-6H3,(H,41,48)(H,42,45)(H,43,47). The molecule has 3 N–H and O–H groups in total. The molecule has 2 saturated carbocycles. The predicted octanol–water partition coefficient (Wildman–Crippen LogP) is 4.37. The zero-order valence-electron chi connectivity index (χ0n) is 31.9. The molecule has 54 heavy (non-hydrogen) atoms. The maximum Gasteiger partial charge on any atom is 0.408 e. The molecule has 2 aliphatic carbocycles. The van der Waals surface area contributed by atoms with Gasteiger partial charge < -0.3 is 29.7 Å². The molecule has 2 aromatic rings. The molecule has 2 aliphatic heterocycles. The van der Waals surface area contributed by atoms with E-state index in [1.165, 1.54) is 4.90 Å². The number of nitrogens with zero attached hydrogens (tertiary/aromatic N) is 2. The Balaban J connectivity index is 1.35. The number of ether oxygens (including phenoxy) is 3. The van der Waals surface area contributed by atoms with Crippen molar-refractivity contribution in [2.45, 2.75) is 121 Å². The minimum Gasteiger partial charge on any atom is -0.492 e. The molecule has 15 heteroatoms. The van der Waals surface area contributed by atoms with Crippen LogP contribution in [0.4, 0.5) is 4.79 Å². The molecule has 0 bridgehead atoms.